The standard InChI is InChI=1S/C14H22N4O5/c1-8(23-9(2)19)14(21)18-13(11(7-15)12(16)20)17-10-3-5-22-6-4-10/h7-8,10-11,15H,3-6H2,1-2H3,(H2,16,20)(H,17,18,21). The van der Waals surface area contributed by atoms with Crippen molar-refractivity contribution < 1.29 is 23.9 Å². The van der Waals surface area contributed by atoms with Gasteiger partial charge in [0, 0.05) is 26.4 Å². The normalized spacial score (nSPS) is 18.6. The maximum absolute atomic E-state index is 12.1. The summed E-state index contributed by atoms with van der Waals surface area (Å²) in [6.07, 6.45) is 1.05. The number of carbonyl (C=O) groups is 3. The number of nitrogens with two attached hydrogens (primary N) is 1. The van der Waals surface area contributed by atoms with E-state index in [-0.39, 0.29) is 11.9 Å². The van der Waals surface area contributed by atoms with Crippen LogP contribution in [-0.2, 0) is 23.9 Å². The predicted molar refractivity (Wildman–Crippen MR) is 82.1 cm³/mol. The van der Waals surface area contributed by atoms with Crippen molar-refractivity contribution in [3.8, 4) is 0 Å². The van der Waals surface area contributed by atoms with Crippen LogP contribution in [0.1, 0.15) is 26.7 Å². The van der Waals surface area contributed by atoms with Crippen LogP contribution in [0.25, 0.3) is 0 Å². The Labute approximate surface area is 134 Å². The largest absolute Gasteiger partial charge is 0.453 e. The summed E-state index contributed by atoms with van der Waals surface area (Å²) in [5.74, 6) is -3.20. The van der Waals surface area contributed by atoms with Crippen LogP contribution >= 0.6 is 0 Å². The van der Waals surface area contributed by atoms with E-state index in [1.54, 1.807) is 0 Å². The van der Waals surface area contributed by atoms with Gasteiger partial charge in [0.05, 0.1) is 6.04 Å². The third-order valence-electron chi connectivity index (χ3n) is 3.24. The van der Waals surface area contributed by atoms with Crippen molar-refractivity contribution in [2.24, 2.45) is 16.6 Å². The monoisotopic (exact) mass is 326 g/mol. The molecule has 1 fully saturated rings. The Morgan fingerprint density at radius 1 is 1.39 bits per heavy atom. The minimum absolute atomic E-state index is 0.0107. The number of nitrogens with one attached hydrogen (secondary N) is 2. The Balaban J connectivity index is 2.91. The van der Waals surface area contributed by atoms with Gasteiger partial charge in [0.1, 0.15) is 11.8 Å². The summed E-state index contributed by atoms with van der Waals surface area (Å²) in [5, 5.41) is 9.78. The van der Waals surface area contributed by atoms with E-state index in [1.165, 1.54) is 13.8 Å². The lowest BCUT2D eigenvalue weighted by molar-refractivity contribution is -0.152. The van der Waals surface area contributed by atoms with Crippen LogP contribution < -0.4 is 11.1 Å². The quantitative estimate of drug-likeness (QED) is 0.338. The number of rotatable bonds is 6. The van der Waals surface area contributed by atoms with Gasteiger partial charge in [0.15, 0.2) is 6.10 Å². The molecule has 1 aliphatic heterocycles. The van der Waals surface area contributed by atoms with Crippen molar-refractivity contribution in [3.63, 3.8) is 0 Å². The van der Waals surface area contributed by atoms with E-state index < -0.39 is 29.8 Å². The number of primary amides is 1. The van der Waals surface area contributed by atoms with Crippen LogP contribution in [0.3, 0.4) is 0 Å². The summed E-state index contributed by atoms with van der Waals surface area (Å²) in [6, 6.07) is -0.134. The van der Waals surface area contributed by atoms with Crippen molar-refractivity contribution in [1.29, 1.82) is 5.41 Å². The first-order chi connectivity index (χ1) is 10.8. The van der Waals surface area contributed by atoms with Crippen LogP contribution in [-0.4, -0.2) is 55.2 Å². The first kappa shape index (κ1) is 18.8. The summed E-state index contributed by atoms with van der Waals surface area (Å²) in [7, 11) is 0. The summed E-state index contributed by atoms with van der Waals surface area (Å²) < 4.78 is 10.0. The lowest BCUT2D eigenvalue weighted by atomic mass is 10.1. The predicted octanol–water partition coefficient (Wildman–Crippen LogP) is -0.617. The molecule has 128 valence electrons. The molecule has 0 spiro atoms. The molecule has 1 aliphatic rings. The molecule has 23 heavy (non-hydrogen) atoms. The molecule has 9 heteroatoms. The third-order valence-corrected chi connectivity index (χ3v) is 3.24. The number of carbonyl (C=O) groups excluding carboxylic acids is 3. The van der Waals surface area contributed by atoms with Gasteiger partial charge in [-0.25, -0.2) is 0 Å². The molecule has 1 saturated heterocycles. The van der Waals surface area contributed by atoms with Gasteiger partial charge >= 0.3 is 5.97 Å². The van der Waals surface area contributed by atoms with Crippen molar-refractivity contribution in [2.45, 2.75) is 38.8 Å². The number of aliphatic imine (C=N–C) groups is 1. The van der Waals surface area contributed by atoms with Crippen molar-refractivity contribution >= 4 is 29.8 Å². The highest BCUT2D eigenvalue weighted by molar-refractivity contribution is 6.18. The molecule has 0 aromatic rings. The minimum atomic E-state index is -1.15. The van der Waals surface area contributed by atoms with Crippen molar-refractivity contribution in [3.05, 3.63) is 0 Å². The molecule has 0 aliphatic carbocycles. The SMILES string of the molecule is CC(=O)OC(C)C(=O)NC(=NC1CCOCC1)C(C=N)C(N)=O. The molecule has 2 atom stereocenters. The van der Waals surface area contributed by atoms with Crippen molar-refractivity contribution in [2.75, 3.05) is 13.2 Å². The molecule has 4 N–H and O–H groups in total. The smallest absolute Gasteiger partial charge is 0.303 e. The maximum Gasteiger partial charge on any atom is 0.303 e. The van der Waals surface area contributed by atoms with Crippen LogP contribution in [0.2, 0.25) is 0 Å². The second-order valence-electron chi connectivity index (χ2n) is 5.15. The maximum atomic E-state index is 12.1. The highest BCUT2D eigenvalue weighted by Crippen LogP contribution is 2.12. The fourth-order valence-corrected chi connectivity index (χ4v) is 2.03. The van der Waals surface area contributed by atoms with Gasteiger partial charge in [0.2, 0.25) is 5.91 Å². The first-order valence-corrected chi connectivity index (χ1v) is 7.28. The zero-order chi connectivity index (χ0) is 17.4. The zero-order valence-corrected chi connectivity index (χ0v) is 13.2. The highest BCUT2D eigenvalue weighted by atomic mass is 16.5. The number of hydrogen-bond acceptors (Lipinski definition) is 7. The summed E-state index contributed by atoms with van der Waals surface area (Å²) in [5.41, 5.74) is 5.25. The molecular weight excluding hydrogens is 304 g/mol. The van der Waals surface area contributed by atoms with Gasteiger partial charge in [-0.3, -0.25) is 19.4 Å². The molecule has 0 bridgehead atoms. The number of esters is 1. The summed E-state index contributed by atoms with van der Waals surface area (Å²) in [6.45, 7) is 3.65. The number of amides is 2. The minimum Gasteiger partial charge on any atom is -0.453 e. The Bertz CT molecular complexity index is 499. The average molecular weight is 326 g/mol. The molecule has 0 aromatic heterocycles. The van der Waals surface area contributed by atoms with Crippen molar-refractivity contribution in [1.82, 2.24) is 5.32 Å². The van der Waals surface area contributed by atoms with E-state index in [9.17, 15) is 14.4 Å². The Morgan fingerprint density at radius 3 is 2.48 bits per heavy atom. The Kier molecular flexibility index (Phi) is 7.33. The molecular formula is C14H22N4O5. The van der Waals surface area contributed by atoms with Crippen LogP contribution in [0.4, 0.5) is 0 Å². The molecule has 1 rings (SSSR count). The van der Waals surface area contributed by atoms with Gasteiger partial charge in [0.25, 0.3) is 5.91 Å². The molecule has 9 nitrogen and oxygen atoms in total. The van der Waals surface area contributed by atoms with E-state index in [2.05, 4.69) is 10.3 Å². The molecule has 0 aromatic carbocycles. The highest BCUT2D eigenvalue weighted by Gasteiger charge is 2.26. The Hall–Kier alpha value is -2.29. The number of hydrogen-bond donors (Lipinski definition) is 3. The molecule has 2 amide bonds. The van der Waals surface area contributed by atoms with Crippen LogP contribution in [0.15, 0.2) is 4.99 Å². The van der Waals surface area contributed by atoms with Gasteiger partial charge in [-0.2, -0.15) is 0 Å². The molecule has 2 unspecified atom stereocenters. The van der Waals surface area contributed by atoms with Gasteiger partial charge in [-0.15, -0.1) is 0 Å². The Morgan fingerprint density at radius 2 is 2.00 bits per heavy atom. The topological polar surface area (TPSA) is 144 Å². The number of amidine groups is 1. The number of nitrogens with zero attached hydrogens (tertiary/aromatic N) is 1. The van der Waals surface area contributed by atoms with Gasteiger partial charge in [-0.1, -0.05) is 0 Å². The van der Waals surface area contributed by atoms with Gasteiger partial charge < -0.3 is 25.9 Å². The van der Waals surface area contributed by atoms with Crippen LogP contribution in [0.5, 0.6) is 0 Å². The summed E-state index contributed by atoms with van der Waals surface area (Å²) in [4.78, 5) is 38.8. The fraction of sp³-hybridized carbons (Fsp3) is 0.643. The second kappa shape index (κ2) is 8.99. The van der Waals surface area contributed by atoms with Gasteiger partial charge in [-0.05, 0) is 19.8 Å². The lowest BCUT2D eigenvalue weighted by Gasteiger charge is -2.22. The average Bonchev–Trinajstić information content (AvgIpc) is 2.47. The fourth-order valence-electron chi connectivity index (χ4n) is 2.03. The molecule has 1 heterocycles. The van der Waals surface area contributed by atoms with E-state index in [1.807, 2.05) is 0 Å². The summed E-state index contributed by atoms with van der Waals surface area (Å²) >= 11 is 0. The van der Waals surface area contributed by atoms with E-state index in [0.29, 0.717) is 26.1 Å². The number of ether oxygens (including phenoxy) is 2. The lowest BCUT2D eigenvalue weighted by Crippen LogP contribution is -2.47. The zero-order valence-electron chi connectivity index (χ0n) is 13.2. The molecule has 0 saturated carbocycles. The molecule has 0 radical (unpaired) electrons. The second-order valence-corrected chi connectivity index (χ2v) is 5.15. The van der Waals surface area contributed by atoms with E-state index in [0.717, 1.165) is 6.21 Å². The third kappa shape index (κ3) is 6.15. The van der Waals surface area contributed by atoms with E-state index >= 15 is 0 Å². The van der Waals surface area contributed by atoms with Crippen LogP contribution in [0, 0.1) is 11.3 Å². The van der Waals surface area contributed by atoms with E-state index in [4.69, 9.17) is 20.6 Å². The first-order valence-electron chi connectivity index (χ1n) is 7.28.